The molecule has 0 bridgehead atoms. The number of anilines is 1. The standard InChI is InChI=1S/C15H16ClF3N4O2S/c1-3-6-23-13(25)21-22-14(23)26-8(2)12(24)20-11-5-4-9(16)7-10(11)15(17,18)19/h4-5,7-8H,3,6H2,1-2H3,(H,20,24)(H,21,25)/t8-/m0/s1. The van der Waals surface area contributed by atoms with Crippen LogP contribution in [0.1, 0.15) is 25.8 Å². The molecule has 11 heteroatoms. The number of halogens is 4. The number of carbonyl (C=O) groups excluding carboxylic acids is 1. The summed E-state index contributed by atoms with van der Waals surface area (Å²) in [7, 11) is 0. The van der Waals surface area contributed by atoms with Crippen molar-refractivity contribution in [1.82, 2.24) is 14.8 Å². The Kier molecular flexibility index (Phi) is 6.40. The molecule has 26 heavy (non-hydrogen) atoms. The van der Waals surface area contributed by atoms with E-state index >= 15 is 0 Å². The predicted octanol–water partition coefficient (Wildman–Crippen LogP) is 3.77. The molecule has 1 atom stereocenters. The number of carbonyl (C=O) groups is 1. The number of rotatable bonds is 6. The van der Waals surface area contributed by atoms with Gasteiger partial charge in [0.2, 0.25) is 5.91 Å². The SMILES string of the molecule is CCCn1c(S[C@@H](C)C(=O)Nc2ccc(Cl)cc2C(F)(F)F)n[nH]c1=O. The molecule has 142 valence electrons. The van der Waals surface area contributed by atoms with E-state index in [1.165, 1.54) is 17.6 Å². The first kappa shape index (κ1) is 20.4. The number of alkyl halides is 3. The molecule has 0 aliphatic rings. The molecule has 0 saturated carbocycles. The van der Waals surface area contributed by atoms with E-state index in [0.717, 1.165) is 23.9 Å². The second-order valence-electron chi connectivity index (χ2n) is 5.40. The number of H-pyrrole nitrogens is 1. The van der Waals surface area contributed by atoms with E-state index in [0.29, 0.717) is 18.1 Å². The van der Waals surface area contributed by atoms with Crippen molar-refractivity contribution >= 4 is 35.0 Å². The molecular formula is C15H16ClF3N4O2S. The van der Waals surface area contributed by atoms with E-state index in [4.69, 9.17) is 11.6 Å². The van der Waals surface area contributed by atoms with Crippen LogP contribution >= 0.6 is 23.4 Å². The van der Waals surface area contributed by atoms with Gasteiger partial charge in [-0.15, -0.1) is 5.10 Å². The molecule has 0 saturated heterocycles. The smallest absolute Gasteiger partial charge is 0.325 e. The maximum Gasteiger partial charge on any atom is 0.418 e. The van der Waals surface area contributed by atoms with Gasteiger partial charge in [0.25, 0.3) is 0 Å². The lowest BCUT2D eigenvalue weighted by Gasteiger charge is -2.16. The van der Waals surface area contributed by atoms with Crippen LogP contribution in [0.25, 0.3) is 0 Å². The maximum absolute atomic E-state index is 13.1. The first-order valence-electron chi connectivity index (χ1n) is 7.63. The molecule has 2 rings (SSSR count). The van der Waals surface area contributed by atoms with E-state index in [-0.39, 0.29) is 10.7 Å². The summed E-state index contributed by atoms with van der Waals surface area (Å²) in [5, 5.41) is 7.83. The highest BCUT2D eigenvalue weighted by atomic mass is 35.5. The number of thioether (sulfide) groups is 1. The van der Waals surface area contributed by atoms with Crippen molar-refractivity contribution in [3.8, 4) is 0 Å². The van der Waals surface area contributed by atoms with E-state index in [2.05, 4.69) is 15.5 Å². The number of hydrogen-bond donors (Lipinski definition) is 2. The second kappa shape index (κ2) is 8.17. The highest BCUT2D eigenvalue weighted by Crippen LogP contribution is 2.36. The summed E-state index contributed by atoms with van der Waals surface area (Å²) < 4.78 is 40.7. The summed E-state index contributed by atoms with van der Waals surface area (Å²) >= 11 is 6.59. The number of hydrogen-bond acceptors (Lipinski definition) is 4. The Bertz CT molecular complexity index is 850. The van der Waals surface area contributed by atoms with Gasteiger partial charge < -0.3 is 5.32 Å². The van der Waals surface area contributed by atoms with Crippen LogP contribution in [0.2, 0.25) is 5.02 Å². The monoisotopic (exact) mass is 408 g/mol. The van der Waals surface area contributed by atoms with E-state index in [9.17, 15) is 22.8 Å². The Morgan fingerprint density at radius 1 is 1.46 bits per heavy atom. The van der Waals surface area contributed by atoms with Crippen molar-refractivity contribution in [3.63, 3.8) is 0 Å². The van der Waals surface area contributed by atoms with Gasteiger partial charge in [0, 0.05) is 11.6 Å². The van der Waals surface area contributed by atoms with Crippen LogP contribution < -0.4 is 11.0 Å². The van der Waals surface area contributed by atoms with Crippen LogP contribution in [0.15, 0.2) is 28.2 Å². The number of benzene rings is 1. The van der Waals surface area contributed by atoms with Gasteiger partial charge >= 0.3 is 11.9 Å². The third-order valence-corrected chi connectivity index (χ3v) is 4.69. The Balaban J connectivity index is 2.17. The van der Waals surface area contributed by atoms with Gasteiger partial charge in [0.1, 0.15) is 0 Å². The molecule has 1 amide bonds. The third kappa shape index (κ3) is 4.82. The highest BCUT2D eigenvalue weighted by Gasteiger charge is 2.34. The highest BCUT2D eigenvalue weighted by molar-refractivity contribution is 8.00. The van der Waals surface area contributed by atoms with Crippen LogP contribution in [0.4, 0.5) is 18.9 Å². The Morgan fingerprint density at radius 3 is 2.77 bits per heavy atom. The average Bonchev–Trinajstić information content (AvgIpc) is 2.89. The minimum atomic E-state index is -4.66. The molecule has 0 unspecified atom stereocenters. The van der Waals surface area contributed by atoms with Gasteiger partial charge in [-0.3, -0.25) is 9.36 Å². The van der Waals surface area contributed by atoms with Gasteiger partial charge in [0.05, 0.1) is 16.5 Å². The van der Waals surface area contributed by atoms with Crippen LogP contribution in [-0.4, -0.2) is 25.9 Å². The van der Waals surface area contributed by atoms with Gasteiger partial charge in [-0.25, -0.2) is 9.89 Å². The molecule has 2 aromatic rings. The van der Waals surface area contributed by atoms with Crippen LogP contribution in [-0.2, 0) is 17.5 Å². The molecule has 1 heterocycles. The summed E-state index contributed by atoms with van der Waals surface area (Å²) in [5.41, 5.74) is -1.82. The van der Waals surface area contributed by atoms with Crippen LogP contribution in [0, 0.1) is 0 Å². The summed E-state index contributed by atoms with van der Waals surface area (Å²) in [6.07, 6.45) is -3.97. The molecule has 0 aliphatic carbocycles. The minimum Gasteiger partial charge on any atom is -0.325 e. The molecule has 6 nitrogen and oxygen atoms in total. The predicted molar refractivity (Wildman–Crippen MR) is 93.5 cm³/mol. The third-order valence-electron chi connectivity index (χ3n) is 3.37. The van der Waals surface area contributed by atoms with Gasteiger partial charge in [-0.1, -0.05) is 30.3 Å². The van der Waals surface area contributed by atoms with E-state index < -0.39 is 28.6 Å². The zero-order valence-electron chi connectivity index (χ0n) is 13.9. The maximum atomic E-state index is 13.1. The van der Waals surface area contributed by atoms with Crippen molar-refractivity contribution < 1.29 is 18.0 Å². The molecule has 0 spiro atoms. The summed E-state index contributed by atoms with van der Waals surface area (Å²) in [6.45, 7) is 3.81. The molecular weight excluding hydrogens is 393 g/mol. The summed E-state index contributed by atoms with van der Waals surface area (Å²) in [6, 6.07) is 3.11. The van der Waals surface area contributed by atoms with Crippen LogP contribution in [0.3, 0.4) is 0 Å². The summed E-state index contributed by atoms with van der Waals surface area (Å²) in [4.78, 5) is 24.0. The first-order valence-corrected chi connectivity index (χ1v) is 8.88. The van der Waals surface area contributed by atoms with Crippen LogP contribution in [0.5, 0.6) is 0 Å². The number of nitrogens with one attached hydrogen (secondary N) is 2. The van der Waals surface area contributed by atoms with Crippen molar-refractivity contribution in [3.05, 3.63) is 39.3 Å². The Morgan fingerprint density at radius 2 is 2.15 bits per heavy atom. The average molecular weight is 409 g/mol. The second-order valence-corrected chi connectivity index (χ2v) is 7.14. The number of nitrogens with zero attached hydrogens (tertiary/aromatic N) is 2. The lowest BCUT2D eigenvalue weighted by atomic mass is 10.1. The summed E-state index contributed by atoms with van der Waals surface area (Å²) in [5.74, 6) is -0.652. The lowest BCUT2D eigenvalue weighted by Crippen LogP contribution is -2.25. The van der Waals surface area contributed by atoms with Gasteiger partial charge in [-0.2, -0.15) is 13.2 Å². The topological polar surface area (TPSA) is 79.8 Å². The number of aromatic amines is 1. The molecule has 2 N–H and O–H groups in total. The normalized spacial score (nSPS) is 12.8. The fourth-order valence-corrected chi connectivity index (χ4v) is 3.17. The van der Waals surface area contributed by atoms with Gasteiger partial charge in [0.15, 0.2) is 5.16 Å². The van der Waals surface area contributed by atoms with Crippen molar-refractivity contribution in [2.75, 3.05) is 5.32 Å². The van der Waals surface area contributed by atoms with Crippen molar-refractivity contribution in [1.29, 1.82) is 0 Å². The fraction of sp³-hybridized carbons (Fsp3) is 0.400. The Labute approximate surface area is 156 Å². The molecule has 0 aliphatic heterocycles. The van der Waals surface area contributed by atoms with Gasteiger partial charge in [-0.05, 0) is 31.5 Å². The lowest BCUT2D eigenvalue weighted by molar-refractivity contribution is -0.137. The molecule has 0 radical (unpaired) electrons. The van der Waals surface area contributed by atoms with Crippen molar-refractivity contribution in [2.24, 2.45) is 0 Å². The van der Waals surface area contributed by atoms with E-state index in [1.807, 2.05) is 6.92 Å². The largest absolute Gasteiger partial charge is 0.418 e. The Hall–Kier alpha value is -1.94. The molecule has 1 aromatic carbocycles. The molecule has 0 fully saturated rings. The number of aromatic nitrogens is 3. The fourth-order valence-electron chi connectivity index (χ4n) is 2.12. The quantitative estimate of drug-likeness (QED) is 0.713. The minimum absolute atomic E-state index is 0.0853. The molecule has 1 aromatic heterocycles. The zero-order chi connectivity index (χ0) is 19.5. The first-order chi connectivity index (χ1) is 12.1. The zero-order valence-corrected chi connectivity index (χ0v) is 15.4. The van der Waals surface area contributed by atoms with E-state index in [1.54, 1.807) is 0 Å². The number of amides is 1. The van der Waals surface area contributed by atoms with Crippen molar-refractivity contribution in [2.45, 2.75) is 43.4 Å².